The minimum absolute atomic E-state index is 0.0768. The smallest absolute Gasteiger partial charge is 0.257 e. The van der Waals surface area contributed by atoms with Gasteiger partial charge in [-0.3, -0.25) is 4.79 Å². The molecule has 1 amide bonds. The first kappa shape index (κ1) is 22.9. The van der Waals surface area contributed by atoms with Crippen LogP contribution in [0.5, 0.6) is 5.75 Å². The van der Waals surface area contributed by atoms with Crippen LogP contribution in [0.1, 0.15) is 10.4 Å². The predicted molar refractivity (Wildman–Crippen MR) is 124 cm³/mol. The third kappa shape index (κ3) is 5.40. The number of halogens is 1. The third-order valence-electron chi connectivity index (χ3n) is 4.93. The molecule has 4 rings (SSSR count). The highest BCUT2D eigenvalue weighted by Crippen LogP contribution is 2.23. The molecule has 1 saturated heterocycles. The number of anilines is 3. The summed E-state index contributed by atoms with van der Waals surface area (Å²) in [6, 6.07) is 10.4. The molecule has 1 aromatic heterocycles. The van der Waals surface area contributed by atoms with Crippen molar-refractivity contribution in [3.8, 4) is 5.75 Å². The molecule has 3 aromatic rings. The second kappa shape index (κ2) is 9.71. The predicted octanol–water partition coefficient (Wildman–Crippen LogP) is 2.43. The number of piperazine rings is 1. The number of hydrogen-bond acceptors (Lipinski definition) is 8. The largest absolute Gasteiger partial charge is 0.508 e. The van der Waals surface area contributed by atoms with Gasteiger partial charge in [-0.1, -0.05) is 11.6 Å². The van der Waals surface area contributed by atoms with E-state index in [0.29, 0.717) is 37.6 Å². The van der Waals surface area contributed by atoms with Crippen molar-refractivity contribution in [1.82, 2.24) is 19.6 Å². The lowest BCUT2D eigenvalue weighted by molar-refractivity contribution is 0.102. The summed E-state index contributed by atoms with van der Waals surface area (Å²) in [6.07, 6.45) is 2.82. The molecular weight excluding hydrogens is 468 g/mol. The van der Waals surface area contributed by atoms with Gasteiger partial charge in [0, 0.05) is 31.9 Å². The minimum atomic E-state index is -3.53. The van der Waals surface area contributed by atoms with Crippen molar-refractivity contribution in [3.63, 3.8) is 0 Å². The fourth-order valence-electron chi connectivity index (χ4n) is 3.22. The number of aromatic nitrogens is 2. The van der Waals surface area contributed by atoms with Crippen LogP contribution in [0.25, 0.3) is 0 Å². The van der Waals surface area contributed by atoms with Crippen LogP contribution >= 0.6 is 11.6 Å². The van der Waals surface area contributed by atoms with E-state index in [0.717, 1.165) is 0 Å². The molecule has 4 N–H and O–H groups in total. The molecule has 0 aliphatic carbocycles. The SMILES string of the molecule is O=C(Nc1cnc(Nc2ccc(S(=O)(=O)N3CCNCC3)cc2)nc1)c1cc(O)ccc1Cl. The molecule has 172 valence electrons. The first-order chi connectivity index (χ1) is 15.8. The third-order valence-corrected chi connectivity index (χ3v) is 7.17. The number of phenols is 1. The molecule has 0 unspecified atom stereocenters. The van der Waals surface area contributed by atoms with E-state index >= 15 is 0 Å². The van der Waals surface area contributed by atoms with E-state index in [1.807, 2.05) is 0 Å². The molecular formula is C21H21ClN6O4S. The van der Waals surface area contributed by atoms with Crippen molar-refractivity contribution < 1.29 is 18.3 Å². The first-order valence-corrected chi connectivity index (χ1v) is 11.8. The molecule has 1 aliphatic heterocycles. The molecule has 2 heterocycles. The van der Waals surface area contributed by atoms with Crippen molar-refractivity contribution >= 4 is 44.9 Å². The molecule has 0 saturated carbocycles. The van der Waals surface area contributed by atoms with E-state index in [1.165, 1.54) is 47.0 Å². The zero-order valence-electron chi connectivity index (χ0n) is 17.3. The first-order valence-electron chi connectivity index (χ1n) is 10.0. The van der Waals surface area contributed by atoms with Crippen LogP contribution in [-0.4, -0.2) is 59.9 Å². The molecule has 2 aromatic carbocycles. The number of nitrogens with one attached hydrogen (secondary N) is 3. The number of aromatic hydroxyl groups is 1. The van der Waals surface area contributed by atoms with Crippen LogP contribution in [0.3, 0.4) is 0 Å². The van der Waals surface area contributed by atoms with Gasteiger partial charge in [-0.2, -0.15) is 4.31 Å². The highest BCUT2D eigenvalue weighted by molar-refractivity contribution is 7.89. The maximum atomic E-state index is 12.7. The van der Waals surface area contributed by atoms with Gasteiger partial charge >= 0.3 is 0 Å². The lowest BCUT2D eigenvalue weighted by atomic mass is 10.2. The highest BCUT2D eigenvalue weighted by Gasteiger charge is 2.25. The Balaban J connectivity index is 1.40. The number of amides is 1. The van der Waals surface area contributed by atoms with Gasteiger partial charge in [0.2, 0.25) is 16.0 Å². The van der Waals surface area contributed by atoms with Crippen LogP contribution < -0.4 is 16.0 Å². The molecule has 1 fully saturated rings. The normalized spacial score (nSPS) is 14.6. The van der Waals surface area contributed by atoms with Crippen LogP contribution in [0.2, 0.25) is 5.02 Å². The average Bonchev–Trinajstić information content (AvgIpc) is 2.83. The van der Waals surface area contributed by atoms with Gasteiger partial charge in [-0.05, 0) is 42.5 Å². The fourth-order valence-corrected chi connectivity index (χ4v) is 4.86. The summed E-state index contributed by atoms with van der Waals surface area (Å²) in [7, 11) is -3.53. The standard InChI is InChI=1S/C21H21ClN6O4S/c22-19-6-3-16(29)11-18(19)20(30)26-15-12-24-21(25-13-15)27-14-1-4-17(5-2-14)33(31,32)28-9-7-23-8-10-28/h1-6,11-13,23,29H,7-10H2,(H,26,30)(H,24,25,27). The zero-order chi connectivity index (χ0) is 23.4. The summed E-state index contributed by atoms with van der Waals surface area (Å²) in [5, 5.41) is 18.5. The Hall–Kier alpha value is -3.25. The van der Waals surface area contributed by atoms with Crippen molar-refractivity contribution in [3.05, 3.63) is 65.4 Å². The van der Waals surface area contributed by atoms with Crippen molar-refractivity contribution in [1.29, 1.82) is 0 Å². The van der Waals surface area contributed by atoms with Gasteiger partial charge in [0.25, 0.3) is 5.91 Å². The molecule has 1 aliphatic rings. The highest BCUT2D eigenvalue weighted by atomic mass is 35.5. The Morgan fingerprint density at radius 2 is 1.70 bits per heavy atom. The maximum absolute atomic E-state index is 12.7. The van der Waals surface area contributed by atoms with Gasteiger partial charge in [-0.15, -0.1) is 0 Å². The Morgan fingerprint density at radius 1 is 1.03 bits per heavy atom. The summed E-state index contributed by atoms with van der Waals surface area (Å²) in [4.78, 5) is 20.9. The van der Waals surface area contributed by atoms with E-state index in [9.17, 15) is 18.3 Å². The molecule has 0 radical (unpaired) electrons. The second-order valence-electron chi connectivity index (χ2n) is 7.22. The van der Waals surface area contributed by atoms with Gasteiger partial charge in [0.1, 0.15) is 5.75 Å². The lowest BCUT2D eigenvalue weighted by Crippen LogP contribution is -2.46. The lowest BCUT2D eigenvalue weighted by Gasteiger charge is -2.26. The van der Waals surface area contributed by atoms with Crippen LogP contribution in [0.4, 0.5) is 17.3 Å². The quantitative estimate of drug-likeness (QED) is 0.415. The van der Waals surface area contributed by atoms with E-state index in [4.69, 9.17) is 11.6 Å². The maximum Gasteiger partial charge on any atom is 0.257 e. The fraction of sp³-hybridized carbons (Fsp3) is 0.190. The number of carbonyl (C=O) groups is 1. The number of hydrogen-bond donors (Lipinski definition) is 4. The minimum Gasteiger partial charge on any atom is -0.508 e. The van der Waals surface area contributed by atoms with Gasteiger partial charge in [0.05, 0.1) is 33.6 Å². The topological polar surface area (TPSA) is 137 Å². The molecule has 12 heteroatoms. The van der Waals surface area contributed by atoms with Crippen molar-refractivity contribution in [2.75, 3.05) is 36.8 Å². The summed E-state index contributed by atoms with van der Waals surface area (Å²) in [6.45, 7) is 2.15. The molecule has 0 atom stereocenters. The number of benzene rings is 2. The summed E-state index contributed by atoms with van der Waals surface area (Å²) >= 11 is 6.00. The Kier molecular flexibility index (Phi) is 6.75. The van der Waals surface area contributed by atoms with E-state index in [1.54, 1.807) is 12.1 Å². The van der Waals surface area contributed by atoms with Crippen molar-refractivity contribution in [2.24, 2.45) is 0 Å². The Morgan fingerprint density at radius 3 is 2.36 bits per heavy atom. The number of carbonyl (C=O) groups excluding carboxylic acids is 1. The monoisotopic (exact) mass is 488 g/mol. The molecule has 10 nitrogen and oxygen atoms in total. The Labute approximate surface area is 195 Å². The molecule has 0 bridgehead atoms. The van der Waals surface area contributed by atoms with Crippen LogP contribution in [-0.2, 0) is 10.0 Å². The van der Waals surface area contributed by atoms with Crippen molar-refractivity contribution in [2.45, 2.75) is 4.90 Å². The average molecular weight is 489 g/mol. The summed E-state index contributed by atoms with van der Waals surface area (Å²) in [5.74, 6) is -0.324. The Bertz CT molecular complexity index is 1250. The summed E-state index contributed by atoms with van der Waals surface area (Å²) < 4.78 is 26.9. The summed E-state index contributed by atoms with van der Waals surface area (Å²) in [5.41, 5.74) is 1.06. The van der Waals surface area contributed by atoms with Gasteiger partial charge < -0.3 is 21.1 Å². The van der Waals surface area contributed by atoms with Crippen LogP contribution in [0, 0.1) is 0 Å². The van der Waals surface area contributed by atoms with Gasteiger partial charge in [0.15, 0.2) is 0 Å². The van der Waals surface area contributed by atoms with Crippen LogP contribution in [0.15, 0.2) is 59.8 Å². The second-order valence-corrected chi connectivity index (χ2v) is 9.56. The number of phenolic OH excluding ortho intramolecular Hbond substituents is 1. The molecule has 0 spiro atoms. The van der Waals surface area contributed by atoms with E-state index in [2.05, 4.69) is 25.9 Å². The zero-order valence-corrected chi connectivity index (χ0v) is 18.9. The number of nitrogens with zero attached hydrogens (tertiary/aromatic N) is 3. The number of sulfonamides is 1. The van der Waals surface area contributed by atoms with E-state index < -0.39 is 15.9 Å². The van der Waals surface area contributed by atoms with Gasteiger partial charge in [-0.25, -0.2) is 18.4 Å². The van der Waals surface area contributed by atoms with E-state index in [-0.39, 0.29) is 27.2 Å². The number of rotatable bonds is 6. The molecule has 33 heavy (non-hydrogen) atoms.